The number of aliphatic carboxylic acids is 1. The summed E-state index contributed by atoms with van der Waals surface area (Å²) in [5, 5.41) is 57.4. The second-order valence-electron chi connectivity index (χ2n) is 11.5. The molecule has 1 saturated heterocycles. The predicted molar refractivity (Wildman–Crippen MR) is 176 cm³/mol. The standard InChI is InChI=1S/C36H40N2O11/c1-2-3-16-47-27-14-12-23(13-15-27)22-48-36(35(45)46)19-28(40)32(38-31(43)21-39)34(49-36)33(44)29(41)20-37-30(42)18-24-8-7-11-26(17-24)25-9-5-4-6-10-25/h1,4-15,17,28-29,32-34,39-41,44H,3,16,18-22H2,(H,37,42)(H,38,43)(H,45,46)/t28-,29+,32+,33+,34+,36+/m0/s1. The lowest BCUT2D eigenvalue weighted by molar-refractivity contribution is -0.314. The molecule has 6 atom stereocenters. The number of nitrogens with one attached hydrogen (secondary N) is 2. The number of hydrogen-bond acceptors (Lipinski definition) is 10. The average Bonchev–Trinajstić information content (AvgIpc) is 3.11. The van der Waals surface area contributed by atoms with Gasteiger partial charge in [-0.25, -0.2) is 4.79 Å². The fraction of sp³-hybridized carbons (Fsp3) is 0.361. The van der Waals surface area contributed by atoms with Gasteiger partial charge in [0, 0.05) is 19.4 Å². The van der Waals surface area contributed by atoms with E-state index in [1.807, 2.05) is 48.5 Å². The molecule has 13 nitrogen and oxygen atoms in total. The van der Waals surface area contributed by atoms with Gasteiger partial charge >= 0.3 is 5.97 Å². The van der Waals surface area contributed by atoms with Crippen LogP contribution in [0.3, 0.4) is 0 Å². The van der Waals surface area contributed by atoms with Gasteiger partial charge in [-0.05, 0) is 34.4 Å². The number of ether oxygens (including phenoxy) is 3. The monoisotopic (exact) mass is 676 g/mol. The summed E-state index contributed by atoms with van der Waals surface area (Å²) in [7, 11) is 0. The topological polar surface area (TPSA) is 204 Å². The van der Waals surface area contributed by atoms with Gasteiger partial charge in [0.1, 0.15) is 24.6 Å². The van der Waals surface area contributed by atoms with E-state index in [9.17, 15) is 39.9 Å². The van der Waals surface area contributed by atoms with Crippen molar-refractivity contribution in [2.75, 3.05) is 19.8 Å². The molecule has 0 radical (unpaired) electrons. The van der Waals surface area contributed by atoms with Crippen LogP contribution in [-0.2, 0) is 36.9 Å². The normalized spacial score (nSPS) is 21.5. The number of terminal acetylenes is 1. The van der Waals surface area contributed by atoms with Gasteiger partial charge in [0.2, 0.25) is 11.8 Å². The van der Waals surface area contributed by atoms with Gasteiger partial charge in [0.05, 0.1) is 37.9 Å². The van der Waals surface area contributed by atoms with Crippen molar-refractivity contribution in [3.8, 4) is 29.2 Å². The molecule has 0 aliphatic carbocycles. The molecule has 1 fully saturated rings. The van der Waals surface area contributed by atoms with Crippen LogP contribution in [0.1, 0.15) is 24.0 Å². The van der Waals surface area contributed by atoms with Crippen molar-refractivity contribution in [3.05, 3.63) is 90.0 Å². The van der Waals surface area contributed by atoms with E-state index in [0.717, 1.165) is 11.1 Å². The van der Waals surface area contributed by atoms with Gasteiger partial charge in [-0.15, -0.1) is 12.3 Å². The van der Waals surface area contributed by atoms with E-state index in [4.69, 9.17) is 20.6 Å². The lowest BCUT2D eigenvalue weighted by Crippen LogP contribution is -2.68. The van der Waals surface area contributed by atoms with Gasteiger partial charge < -0.3 is 50.4 Å². The van der Waals surface area contributed by atoms with Crippen molar-refractivity contribution >= 4 is 17.8 Å². The van der Waals surface area contributed by atoms with Crippen LogP contribution < -0.4 is 15.4 Å². The lowest BCUT2D eigenvalue weighted by Gasteiger charge is -2.46. The molecule has 1 aliphatic rings. The Kier molecular flexibility index (Phi) is 13.3. The van der Waals surface area contributed by atoms with Gasteiger partial charge in [-0.1, -0.05) is 66.7 Å². The Balaban J connectivity index is 1.43. The Morgan fingerprint density at radius 1 is 0.980 bits per heavy atom. The molecule has 1 heterocycles. The Labute approximate surface area is 283 Å². The summed E-state index contributed by atoms with van der Waals surface area (Å²) in [6.07, 6.45) is -2.16. The third-order valence-electron chi connectivity index (χ3n) is 7.92. The fourth-order valence-corrected chi connectivity index (χ4v) is 5.35. The number of hydrogen-bond donors (Lipinski definition) is 7. The highest BCUT2D eigenvalue weighted by molar-refractivity contribution is 5.79. The molecule has 4 rings (SSSR count). The second kappa shape index (κ2) is 17.5. The molecule has 0 unspecified atom stereocenters. The van der Waals surface area contributed by atoms with Crippen LogP contribution in [0.4, 0.5) is 0 Å². The van der Waals surface area contributed by atoms with E-state index in [2.05, 4.69) is 16.6 Å². The Hall–Kier alpha value is -4.81. The summed E-state index contributed by atoms with van der Waals surface area (Å²) in [5.41, 5.74) is 3.11. The minimum Gasteiger partial charge on any atom is -0.493 e. The largest absolute Gasteiger partial charge is 0.493 e. The molecular weight excluding hydrogens is 636 g/mol. The maximum atomic E-state index is 12.8. The van der Waals surface area contributed by atoms with E-state index in [1.54, 1.807) is 30.3 Å². The number of benzene rings is 3. The summed E-state index contributed by atoms with van der Waals surface area (Å²) in [5.74, 6) is -2.57. The van der Waals surface area contributed by atoms with Crippen molar-refractivity contribution in [3.63, 3.8) is 0 Å². The van der Waals surface area contributed by atoms with Gasteiger partial charge in [-0.3, -0.25) is 9.59 Å². The highest BCUT2D eigenvalue weighted by Crippen LogP contribution is 2.34. The molecule has 0 spiro atoms. The molecule has 260 valence electrons. The number of carboxylic acid groups (broad SMARTS) is 1. The molecular formula is C36H40N2O11. The summed E-state index contributed by atoms with van der Waals surface area (Å²) >= 11 is 0. The van der Waals surface area contributed by atoms with Crippen molar-refractivity contribution in [2.24, 2.45) is 0 Å². The number of aliphatic hydroxyl groups excluding tert-OH is 4. The van der Waals surface area contributed by atoms with Gasteiger partial charge in [0.15, 0.2) is 0 Å². The number of carboxylic acids is 1. The first-order valence-corrected chi connectivity index (χ1v) is 15.6. The highest BCUT2D eigenvalue weighted by atomic mass is 16.7. The third-order valence-corrected chi connectivity index (χ3v) is 7.92. The molecule has 0 aromatic heterocycles. The number of rotatable bonds is 16. The SMILES string of the molecule is C#CCCOc1ccc(CO[C@]2(C(=O)O)C[C@H](O)[C@@H](NC(=O)CO)[C@H]([C@H](O)[C@H](O)CNC(=O)Cc3cccc(-c4ccccc4)c3)O2)cc1. The Bertz CT molecular complexity index is 1590. The molecule has 13 heteroatoms. The molecule has 7 N–H and O–H groups in total. The summed E-state index contributed by atoms with van der Waals surface area (Å²) < 4.78 is 17.0. The minimum atomic E-state index is -2.51. The smallest absolute Gasteiger partial charge is 0.364 e. The van der Waals surface area contributed by atoms with E-state index >= 15 is 0 Å². The van der Waals surface area contributed by atoms with E-state index in [1.165, 1.54) is 0 Å². The van der Waals surface area contributed by atoms with Crippen LogP contribution in [-0.4, -0.2) is 99.3 Å². The van der Waals surface area contributed by atoms with Crippen molar-refractivity contribution in [2.45, 2.75) is 62.1 Å². The molecule has 3 aromatic rings. The third kappa shape index (κ3) is 10.1. The van der Waals surface area contributed by atoms with Crippen molar-refractivity contribution < 1.29 is 54.1 Å². The van der Waals surface area contributed by atoms with Crippen LogP contribution in [0.5, 0.6) is 5.75 Å². The van der Waals surface area contributed by atoms with Crippen LogP contribution in [0.15, 0.2) is 78.9 Å². The molecule has 3 aromatic carbocycles. The maximum Gasteiger partial charge on any atom is 0.364 e. The van der Waals surface area contributed by atoms with Crippen molar-refractivity contribution in [1.29, 1.82) is 0 Å². The zero-order chi connectivity index (χ0) is 35.4. The molecule has 2 amide bonds. The fourth-order valence-electron chi connectivity index (χ4n) is 5.35. The molecule has 0 saturated carbocycles. The van der Waals surface area contributed by atoms with E-state index in [-0.39, 0.29) is 13.0 Å². The number of aliphatic hydroxyl groups is 4. The summed E-state index contributed by atoms with van der Waals surface area (Å²) in [4.78, 5) is 37.4. The first-order chi connectivity index (χ1) is 23.5. The molecule has 49 heavy (non-hydrogen) atoms. The maximum absolute atomic E-state index is 12.8. The number of carbonyl (C=O) groups excluding carboxylic acids is 2. The highest BCUT2D eigenvalue weighted by Gasteiger charge is 2.55. The first kappa shape index (κ1) is 37.0. The zero-order valence-electron chi connectivity index (χ0n) is 26.6. The molecule has 1 aliphatic heterocycles. The Morgan fingerprint density at radius 2 is 1.69 bits per heavy atom. The van der Waals surface area contributed by atoms with Crippen LogP contribution in [0.25, 0.3) is 11.1 Å². The van der Waals surface area contributed by atoms with Crippen LogP contribution >= 0.6 is 0 Å². The number of amides is 2. The predicted octanol–water partition coefficient (Wildman–Crippen LogP) is 0.761. The van der Waals surface area contributed by atoms with E-state index < -0.39 is 73.6 Å². The van der Waals surface area contributed by atoms with Gasteiger partial charge in [-0.2, -0.15) is 0 Å². The van der Waals surface area contributed by atoms with Crippen LogP contribution in [0.2, 0.25) is 0 Å². The second-order valence-corrected chi connectivity index (χ2v) is 11.5. The van der Waals surface area contributed by atoms with Crippen LogP contribution in [0, 0.1) is 12.3 Å². The van der Waals surface area contributed by atoms with Crippen molar-refractivity contribution in [1.82, 2.24) is 10.6 Å². The average molecular weight is 677 g/mol. The number of carbonyl (C=O) groups is 3. The quantitative estimate of drug-likeness (QED) is 0.0834. The first-order valence-electron chi connectivity index (χ1n) is 15.6. The summed E-state index contributed by atoms with van der Waals surface area (Å²) in [6.45, 7) is -1.44. The Morgan fingerprint density at radius 3 is 2.37 bits per heavy atom. The zero-order valence-corrected chi connectivity index (χ0v) is 26.6. The lowest BCUT2D eigenvalue weighted by atomic mass is 9.88. The van der Waals surface area contributed by atoms with Gasteiger partial charge in [0.25, 0.3) is 5.79 Å². The summed E-state index contributed by atoms with van der Waals surface area (Å²) in [6, 6.07) is 22.0. The van der Waals surface area contributed by atoms with E-state index in [0.29, 0.717) is 29.9 Å². The molecule has 0 bridgehead atoms. The minimum absolute atomic E-state index is 0.0364.